The van der Waals surface area contributed by atoms with Crippen molar-refractivity contribution in [2.24, 2.45) is 5.41 Å². The van der Waals surface area contributed by atoms with Gasteiger partial charge in [-0.05, 0) is 11.8 Å². The predicted octanol–water partition coefficient (Wildman–Crippen LogP) is 1.76. The Morgan fingerprint density at radius 2 is 2.18 bits per heavy atom. The van der Waals surface area contributed by atoms with Crippen molar-refractivity contribution in [3.05, 3.63) is 0 Å². The zero-order valence-electron chi connectivity index (χ0n) is 10.3. The Morgan fingerprint density at radius 1 is 1.47 bits per heavy atom. The topological polar surface area (TPSA) is 80.9 Å². The molecule has 0 aromatic carbocycles. The normalized spacial score (nSPS) is 11.5. The molecule has 17 heavy (non-hydrogen) atoms. The number of carbonyl (C=O) groups is 1. The van der Waals surface area contributed by atoms with Crippen LogP contribution in [0, 0.1) is 5.41 Å². The van der Waals surface area contributed by atoms with Gasteiger partial charge in [0.15, 0.2) is 4.34 Å². The van der Waals surface area contributed by atoms with Crippen LogP contribution in [-0.2, 0) is 4.79 Å². The van der Waals surface area contributed by atoms with Gasteiger partial charge in [-0.1, -0.05) is 43.9 Å². The molecule has 0 unspecified atom stereocenters. The van der Waals surface area contributed by atoms with Crippen molar-refractivity contribution in [3.63, 3.8) is 0 Å². The minimum atomic E-state index is 0.0213. The third-order valence-corrected chi connectivity index (χ3v) is 3.83. The van der Waals surface area contributed by atoms with E-state index in [4.69, 9.17) is 5.73 Å². The first-order valence-electron chi connectivity index (χ1n) is 5.35. The number of thioether (sulfide) groups is 1. The summed E-state index contributed by atoms with van der Waals surface area (Å²) in [5.74, 6) is 0.381. The lowest BCUT2D eigenvalue weighted by Gasteiger charge is -2.17. The molecule has 1 aromatic rings. The number of nitrogens with zero attached hydrogens (tertiary/aromatic N) is 2. The third kappa shape index (κ3) is 6.48. The largest absolute Gasteiger partial charge is 0.374 e. The summed E-state index contributed by atoms with van der Waals surface area (Å²) in [5.41, 5.74) is 5.69. The molecule has 3 N–H and O–H groups in total. The Balaban J connectivity index is 2.18. The number of aromatic nitrogens is 2. The Morgan fingerprint density at radius 3 is 2.71 bits per heavy atom. The quantitative estimate of drug-likeness (QED) is 0.800. The van der Waals surface area contributed by atoms with E-state index in [0.717, 1.165) is 10.8 Å². The van der Waals surface area contributed by atoms with E-state index in [2.05, 4.69) is 36.3 Å². The van der Waals surface area contributed by atoms with E-state index in [-0.39, 0.29) is 11.3 Å². The zero-order valence-corrected chi connectivity index (χ0v) is 12.0. The number of anilines is 1. The Kier molecular flexibility index (Phi) is 5.20. The minimum Gasteiger partial charge on any atom is -0.374 e. The average molecular weight is 274 g/mol. The molecule has 0 aliphatic rings. The Labute approximate surface area is 110 Å². The van der Waals surface area contributed by atoms with Gasteiger partial charge in [-0.3, -0.25) is 4.79 Å². The smallest absolute Gasteiger partial charge is 0.230 e. The molecule has 0 atom stereocenters. The first-order valence-corrected chi connectivity index (χ1v) is 7.15. The third-order valence-electron chi connectivity index (χ3n) is 1.95. The summed E-state index contributed by atoms with van der Waals surface area (Å²) < 4.78 is 0.730. The van der Waals surface area contributed by atoms with Crippen molar-refractivity contribution >= 4 is 34.1 Å². The fourth-order valence-electron chi connectivity index (χ4n) is 1.03. The summed E-state index contributed by atoms with van der Waals surface area (Å²) in [5, 5.41) is 10.8. The maximum absolute atomic E-state index is 11.5. The number of nitrogens with one attached hydrogen (secondary N) is 1. The summed E-state index contributed by atoms with van der Waals surface area (Å²) in [6, 6.07) is 0. The van der Waals surface area contributed by atoms with Crippen molar-refractivity contribution in [2.75, 3.05) is 18.0 Å². The predicted molar refractivity (Wildman–Crippen MR) is 72.1 cm³/mol. The van der Waals surface area contributed by atoms with E-state index < -0.39 is 0 Å². The highest BCUT2D eigenvalue weighted by molar-refractivity contribution is 8.01. The highest BCUT2D eigenvalue weighted by Gasteiger charge is 2.11. The summed E-state index contributed by atoms with van der Waals surface area (Å²) >= 11 is 2.66. The summed E-state index contributed by atoms with van der Waals surface area (Å²) in [4.78, 5) is 11.5. The first kappa shape index (κ1) is 14.2. The number of nitrogens with two attached hydrogens (primary N) is 1. The van der Waals surface area contributed by atoms with Gasteiger partial charge < -0.3 is 11.1 Å². The fourth-order valence-corrected chi connectivity index (χ4v) is 2.50. The molecule has 0 aliphatic heterocycles. The lowest BCUT2D eigenvalue weighted by Crippen LogP contribution is -2.28. The number of amides is 1. The van der Waals surface area contributed by atoms with E-state index >= 15 is 0 Å². The molecular weight excluding hydrogens is 256 g/mol. The van der Waals surface area contributed by atoms with Gasteiger partial charge in [0.2, 0.25) is 11.0 Å². The summed E-state index contributed by atoms with van der Waals surface area (Å²) in [6.07, 6.45) is 0.967. The standard InChI is InChI=1S/C10H18N4OS2/c1-10(2,3)4-5-12-7(15)6-16-9-14-13-8(11)17-9/h4-6H2,1-3H3,(H2,11,13)(H,12,15). The van der Waals surface area contributed by atoms with Gasteiger partial charge in [0.05, 0.1) is 5.75 Å². The zero-order chi connectivity index (χ0) is 12.9. The fraction of sp³-hybridized carbons (Fsp3) is 0.700. The van der Waals surface area contributed by atoms with E-state index in [1.54, 1.807) is 0 Å². The van der Waals surface area contributed by atoms with Gasteiger partial charge >= 0.3 is 0 Å². The molecular formula is C10H18N4OS2. The van der Waals surface area contributed by atoms with Crippen LogP contribution in [0.5, 0.6) is 0 Å². The number of nitrogen functional groups attached to an aromatic ring is 1. The number of hydrogen-bond acceptors (Lipinski definition) is 6. The van der Waals surface area contributed by atoms with Gasteiger partial charge in [-0.15, -0.1) is 10.2 Å². The van der Waals surface area contributed by atoms with Gasteiger partial charge in [0.1, 0.15) is 0 Å². The van der Waals surface area contributed by atoms with Crippen LogP contribution in [0.1, 0.15) is 27.2 Å². The van der Waals surface area contributed by atoms with Gasteiger partial charge in [0, 0.05) is 6.54 Å². The van der Waals surface area contributed by atoms with Crippen molar-refractivity contribution in [3.8, 4) is 0 Å². The second-order valence-electron chi connectivity index (χ2n) is 4.86. The maximum Gasteiger partial charge on any atom is 0.230 e. The first-order chi connectivity index (χ1) is 7.87. The molecule has 0 aliphatic carbocycles. The van der Waals surface area contributed by atoms with E-state index in [9.17, 15) is 4.79 Å². The second-order valence-corrected chi connectivity index (χ2v) is 7.09. The lowest BCUT2D eigenvalue weighted by atomic mass is 9.92. The van der Waals surface area contributed by atoms with E-state index in [1.807, 2.05) is 0 Å². The summed E-state index contributed by atoms with van der Waals surface area (Å²) in [6.45, 7) is 7.16. The SMILES string of the molecule is CC(C)(C)CCNC(=O)CSc1nnc(N)s1. The number of rotatable bonds is 5. The molecule has 1 heterocycles. The van der Waals surface area contributed by atoms with E-state index in [0.29, 0.717) is 17.4 Å². The van der Waals surface area contributed by atoms with Crippen LogP contribution in [0.3, 0.4) is 0 Å². The monoisotopic (exact) mass is 274 g/mol. The Hall–Kier alpha value is -0.820. The van der Waals surface area contributed by atoms with Crippen molar-refractivity contribution < 1.29 is 4.79 Å². The van der Waals surface area contributed by atoms with Crippen LogP contribution in [0.2, 0.25) is 0 Å². The van der Waals surface area contributed by atoms with Crippen molar-refractivity contribution in [1.82, 2.24) is 15.5 Å². The van der Waals surface area contributed by atoms with Crippen LogP contribution in [0.4, 0.5) is 5.13 Å². The molecule has 1 aromatic heterocycles. The highest BCUT2D eigenvalue weighted by atomic mass is 32.2. The Bertz CT molecular complexity index is 373. The number of hydrogen-bond donors (Lipinski definition) is 2. The highest BCUT2D eigenvalue weighted by Crippen LogP contribution is 2.23. The summed E-state index contributed by atoms with van der Waals surface area (Å²) in [7, 11) is 0. The second kappa shape index (κ2) is 6.20. The average Bonchev–Trinajstić information content (AvgIpc) is 2.59. The van der Waals surface area contributed by atoms with Crippen LogP contribution in [0.15, 0.2) is 4.34 Å². The molecule has 96 valence electrons. The van der Waals surface area contributed by atoms with Crippen LogP contribution in [0.25, 0.3) is 0 Å². The minimum absolute atomic E-state index is 0.0213. The van der Waals surface area contributed by atoms with Crippen LogP contribution >= 0.6 is 23.1 Å². The van der Waals surface area contributed by atoms with Gasteiger partial charge in [0.25, 0.3) is 0 Å². The van der Waals surface area contributed by atoms with Crippen LogP contribution < -0.4 is 11.1 Å². The van der Waals surface area contributed by atoms with Gasteiger partial charge in [-0.2, -0.15) is 0 Å². The van der Waals surface area contributed by atoms with Gasteiger partial charge in [-0.25, -0.2) is 0 Å². The molecule has 1 rings (SSSR count). The molecule has 0 bridgehead atoms. The van der Waals surface area contributed by atoms with Crippen molar-refractivity contribution in [2.45, 2.75) is 31.5 Å². The maximum atomic E-state index is 11.5. The molecule has 0 spiro atoms. The van der Waals surface area contributed by atoms with Crippen molar-refractivity contribution in [1.29, 1.82) is 0 Å². The number of carbonyl (C=O) groups excluding carboxylic acids is 1. The molecule has 0 radical (unpaired) electrons. The van der Waals surface area contributed by atoms with Crippen LogP contribution in [-0.4, -0.2) is 28.4 Å². The molecule has 7 heteroatoms. The van der Waals surface area contributed by atoms with E-state index in [1.165, 1.54) is 23.1 Å². The molecule has 0 saturated heterocycles. The molecule has 0 saturated carbocycles. The molecule has 1 amide bonds. The molecule has 5 nitrogen and oxygen atoms in total. The lowest BCUT2D eigenvalue weighted by molar-refractivity contribution is -0.118. The molecule has 0 fully saturated rings.